The number of anilines is 1. The van der Waals surface area contributed by atoms with Crippen molar-refractivity contribution in [3.8, 4) is 11.1 Å². The predicted molar refractivity (Wildman–Crippen MR) is 176 cm³/mol. The molecule has 5 heterocycles. The summed E-state index contributed by atoms with van der Waals surface area (Å²) in [6.45, 7) is 9.50. The molecule has 1 fully saturated rings. The summed E-state index contributed by atoms with van der Waals surface area (Å²) in [4.78, 5) is 59.7. The van der Waals surface area contributed by atoms with E-state index in [1.54, 1.807) is 28.3 Å². The van der Waals surface area contributed by atoms with Crippen LogP contribution in [0, 0.1) is 26.7 Å². The largest absolute Gasteiger partial charge is 0.337 e. The highest BCUT2D eigenvalue weighted by Gasteiger charge is 2.45. The van der Waals surface area contributed by atoms with Gasteiger partial charge in [0.2, 0.25) is 11.8 Å². The summed E-state index contributed by atoms with van der Waals surface area (Å²) in [5.41, 5.74) is 4.25. The number of halogens is 1. The molecule has 3 atom stereocenters. The number of benzene rings is 1. The molecule has 0 spiro atoms. The first kappa shape index (κ1) is 31.2. The van der Waals surface area contributed by atoms with Crippen molar-refractivity contribution in [2.24, 2.45) is 5.92 Å². The lowest BCUT2D eigenvalue weighted by Gasteiger charge is -2.29. The minimum Gasteiger partial charge on any atom is -0.337 e. The highest BCUT2D eigenvalue weighted by Crippen LogP contribution is 2.33. The van der Waals surface area contributed by atoms with Crippen LogP contribution in [-0.4, -0.2) is 68.9 Å². The molecule has 13 heteroatoms. The number of nitrogens with one attached hydrogen (secondary N) is 1. The van der Waals surface area contributed by atoms with Gasteiger partial charge in [-0.1, -0.05) is 12.1 Å². The average molecular weight is 685 g/mol. The van der Waals surface area contributed by atoms with Crippen molar-refractivity contribution >= 4 is 50.2 Å². The number of hydrogen-bond donors (Lipinski definition) is 1. The van der Waals surface area contributed by atoms with Crippen molar-refractivity contribution in [3.05, 3.63) is 82.6 Å². The molecular formula is C33H34BrN9O3. The summed E-state index contributed by atoms with van der Waals surface area (Å²) in [6, 6.07) is 8.30. The molecule has 0 unspecified atom stereocenters. The van der Waals surface area contributed by atoms with Crippen molar-refractivity contribution in [1.82, 2.24) is 39.2 Å². The maximum atomic E-state index is 14.2. The molecule has 0 radical (unpaired) electrons. The van der Waals surface area contributed by atoms with Crippen molar-refractivity contribution in [3.63, 3.8) is 0 Å². The zero-order valence-corrected chi connectivity index (χ0v) is 27.8. The zero-order chi connectivity index (χ0) is 32.7. The fourth-order valence-corrected chi connectivity index (χ4v) is 6.44. The molecule has 1 aliphatic heterocycles. The number of aromatic nitrogens is 7. The number of hydrogen-bond acceptors (Lipinski definition) is 8. The molecule has 236 valence electrons. The third kappa shape index (κ3) is 6.19. The maximum absolute atomic E-state index is 14.2. The molecule has 46 heavy (non-hydrogen) atoms. The highest BCUT2D eigenvalue weighted by molar-refractivity contribution is 9.10. The first-order valence-corrected chi connectivity index (χ1v) is 15.8. The smallest absolute Gasteiger partial charge is 0.248 e. The number of carbonyl (C=O) groups is 3. The van der Waals surface area contributed by atoms with Gasteiger partial charge in [0.25, 0.3) is 0 Å². The summed E-state index contributed by atoms with van der Waals surface area (Å²) in [7, 11) is 0. The maximum Gasteiger partial charge on any atom is 0.248 e. The van der Waals surface area contributed by atoms with E-state index in [-0.39, 0.29) is 41.8 Å². The molecule has 1 N–H and O–H groups in total. The Morgan fingerprint density at radius 1 is 1.02 bits per heavy atom. The Morgan fingerprint density at radius 2 is 1.78 bits per heavy atom. The number of Topliss-reactive ketones (excluding diaryl/α,β-unsaturated/α-hetero) is 1. The Kier molecular flexibility index (Phi) is 8.51. The van der Waals surface area contributed by atoms with Gasteiger partial charge in [0, 0.05) is 49.1 Å². The summed E-state index contributed by atoms with van der Waals surface area (Å²) >= 11 is 3.38. The van der Waals surface area contributed by atoms with Crippen LogP contribution in [0.3, 0.4) is 0 Å². The Labute approximate surface area is 274 Å². The minimum absolute atomic E-state index is 0.00806. The summed E-state index contributed by atoms with van der Waals surface area (Å²) in [5.74, 6) is 0.296. The van der Waals surface area contributed by atoms with Gasteiger partial charge in [0.15, 0.2) is 5.78 Å². The van der Waals surface area contributed by atoms with E-state index in [9.17, 15) is 14.4 Å². The topological polar surface area (TPSA) is 141 Å². The molecule has 0 saturated carbocycles. The monoisotopic (exact) mass is 683 g/mol. The van der Waals surface area contributed by atoms with E-state index < -0.39 is 6.04 Å². The van der Waals surface area contributed by atoms with Gasteiger partial charge in [-0.2, -0.15) is 5.10 Å². The number of aryl methyl sites for hydroxylation is 3. The van der Waals surface area contributed by atoms with Gasteiger partial charge in [-0.3, -0.25) is 19.1 Å². The molecule has 5 aromatic rings. The van der Waals surface area contributed by atoms with Crippen molar-refractivity contribution in [2.45, 2.75) is 66.2 Å². The lowest BCUT2D eigenvalue weighted by molar-refractivity contribution is -0.139. The van der Waals surface area contributed by atoms with Crippen LogP contribution >= 0.6 is 15.9 Å². The lowest BCUT2D eigenvalue weighted by atomic mass is 9.99. The van der Waals surface area contributed by atoms with Crippen molar-refractivity contribution in [1.29, 1.82) is 0 Å². The molecule has 4 aromatic heterocycles. The summed E-state index contributed by atoms with van der Waals surface area (Å²) in [5, 5.41) is 8.17. The van der Waals surface area contributed by atoms with Crippen LogP contribution in [-0.2, 0) is 22.7 Å². The van der Waals surface area contributed by atoms with E-state index in [0.717, 1.165) is 22.4 Å². The summed E-state index contributed by atoms with van der Waals surface area (Å²) < 4.78 is 4.15. The van der Waals surface area contributed by atoms with E-state index in [0.29, 0.717) is 40.1 Å². The standard InChI is InChI=1S/C33H34BrN9O3/c1-18-6-9-29(34)38-32(18)39-33(46)28-11-24(15-41-14-19(2)37-17-41)20(3)43(28)30(45)16-42-27-8-7-23(25-12-35-22(5)36-13-25)10-26(27)31(40-42)21(4)44/h6-10,12-14,17,20,24,28H,11,15-16H2,1-5H3,(H,38,39,46)/t20-,24-,28-/m1/s1. The van der Waals surface area contributed by atoms with Gasteiger partial charge < -0.3 is 14.8 Å². The second kappa shape index (κ2) is 12.5. The SMILES string of the molecule is CC(=O)c1nn(CC(=O)N2[C@@H](C(=O)Nc3nc(Br)ccc3C)C[C@H](Cn3cnc(C)c3)[C@H]2C)c2ccc(-c3cnc(C)nc3)cc12. The van der Waals surface area contributed by atoms with E-state index in [2.05, 4.69) is 46.3 Å². The lowest BCUT2D eigenvalue weighted by Crippen LogP contribution is -2.48. The van der Waals surface area contributed by atoms with E-state index in [1.165, 1.54) is 6.92 Å². The van der Waals surface area contributed by atoms with Gasteiger partial charge in [0.1, 0.15) is 34.5 Å². The van der Waals surface area contributed by atoms with E-state index >= 15 is 0 Å². The molecular weight excluding hydrogens is 650 g/mol. The Hall–Kier alpha value is -4.78. The number of amides is 2. The van der Waals surface area contributed by atoms with Gasteiger partial charge in [-0.15, -0.1) is 0 Å². The molecule has 1 saturated heterocycles. The number of likely N-dealkylation sites (tertiary alicyclic amines) is 1. The Morgan fingerprint density at radius 3 is 2.48 bits per heavy atom. The van der Waals surface area contributed by atoms with Crippen LogP contribution in [0.25, 0.3) is 22.0 Å². The molecule has 12 nitrogen and oxygen atoms in total. The number of carbonyl (C=O) groups excluding carboxylic acids is 3. The average Bonchev–Trinajstić information content (AvgIpc) is 3.70. The highest BCUT2D eigenvalue weighted by atomic mass is 79.9. The second-order valence-corrected chi connectivity index (χ2v) is 12.7. The third-order valence-electron chi connectivity index (χ3n) is 8.57. The summed E-state index contributed by atoms with van der Waals surface area (Å²) in [6.07, 6.45) is 7.66. The first-order valence-electron chi connectivity index (χ1n) is 15.0. The molecule has 2 amide bonds. The second-order valence-electron chi connectivity index (χ2n) is 11.9. The minimum atomic E-state index is -0.737. The molecule has 0 bridgehead atoms. The predicted octanol–water partition coefficient (Wildman–Crippen LogP) is 4.92. The Bertz CT molecular complexity index is 1970. The van der Waals surface area contributed by atoms with Gasteiger partial charge in [-0.25, -0.2) is 19.9 Å². The normalized spacial score (nSPS) is 17.9. The van der Waals surface area contributed by atoms with E-state index in [1.807, 2.05) is 68.8 Å². The number of rotatable bonds is 8. The van der Waals surface area contributed by atoms with Crippen LogP contribution in [0.5, 0.6) is 0 Å². The van der Waals surface area contributed by atoms with Gasteiger partial charge in [0.05, 0.1) is 17.5 Å². The fourth-order valence-electron chi connectivity index (χ4n) is 6.13. The van der Waals surface area contributed by atoms with Crippen LogP contribution in [0.1, 0.15) is 47.8 Å². The van der Waals surface area contributed by atoms with Gasteiger partial charge >= 0.3 is 0 Å². The van der Waals surface area contributed by atoms with Crippen LogP contribution in [0.4, 0.5) is 5.82 Å². The van der Waals surface area contributed by atoms with Crippen LogP contribution in [0.15, 0.2) is 59.9 Å². The number of ketones is 1. The third-order valence-corrected chi connectivity index (χ3v) is 9.01. The molecule has 1 aromatic carbocycles. The number of imidazole rings is 1. The molecule has 1 aliphatic rings. The molecule has 0 aliphatic carbocycles. The molecule has 6 rings (SSSR count). The quantitative estimate of drug-likeness (QED) is 0.180. The van der Waals surface area contributed by atoms with Gasteiger partial charge in [-0.05, 0) is 85.3 Å². The number of pyridine rings is 1. The fraction of sp³-hybridized carbons (Fsp3) is 0.333. The number of nitrogens with zero attached hydrogens (tertiary/aromatic N) is 8. The van der Waals surface area contributed by atoms with Crippen molar-refractivity contribution < 1.29 is 14.4 Å². The van der Waals surface area contributed by atoms with E-state index in [4.69, 9.17) is 0 Å². The number of fused-ring (bicyclic) bond motifs is 1. The van der Waals surface area contributed by atoms with Crippen LogP contribution in [0.2, 0.25) is 0 Å². The van der Waals surface area contributed by atoms with Crippen LogP contribution < -0.4 is 5.32 Å². The zero-order valence-electron chi connectivity index (χ0n) is 26.2. The van der Waals surface area contributed by atoms with Crippen molar-refractivity contribution in [2.75, 3.05) is 5.32 Å². The first-order chi connectivity index (χ1) is 22.0. The Balaban J connectivity index is 1.32.